The molecule has 5 N–H and O–H groups in total. The van der Waals surface area contributed by atoms with Gasteiger partial charge in [0.05, 0.1) is 5.69 Å². The van der Waals surface area contributed by atoms with E-state index in [0.717, 1.165) is 11.1 Å². The standard InChI is InChI=1S/C16H18N4O/c1-10-5-3-7-12(9-10)19-16(21)20-13-8-4-6-11(2)14(13)15(17)18/h3-9H,1-2H3,(H3,17,18)(H2,19,20,21). The summed E-state index contributed by atoms with van der Waals surface area (Å²) in [6, 6.07) is 12.5. The van der Waals surface area contributed by atoms with Crippen LogP contribution in [0.2, 0.25) is 0 Å². The van der Waals surface area contributed by atoms with Crippen molar-refractivity contribution in [2.24, 2.45) is 5.73 Å². The van der Waals surface area contributed by atoms with Crippen molar-refractivity contribution in [2.45, 2.75) is 13.8 Å². The molecule has 21 heavy (non-hydrogen) atoms. The topological polar surface area (TPSA) is 91.0 Å². The van der Waals surface area contributed by atoms with Crippen LogP contribution in [0.4, 0.5) is 16.2 Å². The van der Waals surface area contributed by atoms with Crippen LogP contribution in [0.1, 0.15) is 16.7 Å². The number of benzene rings is 2. The Labute approximate surface area is 123 Å². The predicted octanol–water partition coefficient (Wildman–Crippen LogP) is 3.23. The number of amidine groups is 1. The summed E-state index contributed by atoms with van der Waals surface area (Å²) in [5.41, 5.74) is 9.25. The zero-order valence-corrected chi connectivity index (χ0v) is 12.0. The minimum absolute atomic E-state index is 0.0704. The highest BCUT2D eigenvalue weighted by Gasteiger charge is 2.11. The van der Waals surface area contributed by atoms with Crippen LogP contribution < -0.4 is 16.4 Å². The molecule has 0 radical (unpaired) electrons. The molecule has 5 nitrogen and oxygen atoms in total. The average Bonchev–Trinajstić information content (AvgIpc) is 2.37. The predicted molar refractivity (Wildman–Crippen MR) is 86.0 cm³/mol. The largest absolute Gasteiger partial charge is 0.384 e. The van der Waals surface area contributed by atoms with E-state index in [0.29, 0.717) is 16.9 Å². The van der Waals surface area contributed by atoms with E-state index in [4.69, 9.17) is 11.1 Å². The van der Waals surface area contributed by atoms with Crippen molar-refractivity contribution in [3.63, 3.8) is 0 Å². The third-order valence-corrected chi connectivity index (χ3v) is 3.07. The Balaban J connectivity index is 2.17. The van der Waals surface area contributed by atoms with Crippen LogP contribution in [0.3, 0.4) is 0 Å². The number of amides is 2. The minimum Gasteiger partial charge on any atom is -0.384 e. The second-order valence-electron chi connectivity index (χ2n) is 4.86. The normalized spacial score (nSPS) is 10.0. The van der Waals surface area contributed by atoms with Gasteiger partial charge in [-0.15, -0.1) is 0 Å². The Morgan fingerprint density at radius 2 is 1.81 bits per heavy atom. The zero-order chi connectivity index (χ0) is 15.4. The minimum atomic E-state index is -0.367. The molecule has 0 saturated carbocycles. The van der Waals surface area contributed by atoms with E-state index in [9.17, 15) is 4.79 Å². The highest BCUT2D eigenvalue weighted by atomic mass is 16.2. The molecule has 0 aliphatic heterocycles. The van der Waals surface area contributed by atoms with Crippen molar-refractivity contribution in [1.29, 1.82) is 5.41 Å². The van der Waals surface area contributed by atoms with E-state index < -0.39 is 0 Å². The molecule has 0 unspecified atom stereocenters. The summed E-state index contributed by atoms with van der Waals surface area (Å²) in [4.78, 5) is 12.0. The number of urea groups is 1. The maximum atomic E-state index is 12.0. The highest BCUT2D eigenvalue weighted by molar-refractivity contribution is 6.07. The van der Waals surface area contributed by atoms with Gasteiger partial charge in [-0.25, -0.2) is 4.79 Å². The number of rotatable bonds is 3. The van der Waals surface area contributed by atoms with Gasteiger partial charge < -0.3 is 16.4 Å². The Kier molecular flexibility index (Phi) is 4.23. The molecule has 0 atom stereocenters. The van der Waals surface area contributed by atoms with E-state index in [1.807, 2.05) is 50.2 Å². The smallest absolute Gasteiger partial charge is 0.323 e. The van der Waals surface area contributed by atoms with Crippen molar-refractivity contribution in [3.05, 3.63) is 59.2 Å². The number of nitrogens with two attached hydrogens (primary N) is 1. The van der Waals surface area contributed by atoms with Gasteiger partial charge in [0.25, 0.3) is 0 Å². The van der Waals surface area contributed by atoms with Crippen LogP contribution in [0.15, 0.2) is 42.5 Å². The van der Waals surface area contributed by atoms with Crippen molar-refractivity contribution in [1.82, 2.24) is 0 Å². The van der Waals surface area contributed by atoms with E-state index in [-0.39, 0.29) is 11.9 Å². The SMILES string of the molecule is Cc1cccc(NC(=O)Nc2cccc(C)c2C(=N)N)c1. The molecule has 0 saturated heterocycles. The molecular weight excluding hydrogens is 264 g/mol. The molecule has 0 bridgehead atoms. The summed E-state index contributed by atoms with van der Waals surface area (Å²) < 4.78 is 0. The lowest BCUT2D eigenvalue weighted by Crippen LogP contribution is -2.23. The molecule has 2 aromatic carbocycles. The molecule has 5 heteroatoms. The van der Waals surface area contributed by atoms with Crippen LogP contribution in [0, 0.1) is 19.3 Å². The van der Waals surface area contributed by atoms with Gasteiger partial charge >= 0.3 is 6.03 Å². The van der Waals surface area contributed by atoms with Crippen LogP contribution in [0.25, 0.3) is 0 Å². The summed E-state index contributed by atoms with van der Waals surface area (Å²) >= 11 is 0. The monoisotopic (exact) mass is 282 g/mol. The number of hydrogen-bond acceptors (Lipinski definition) is 2. The Morgan fingerprint density at radius 3 is 2.48 bits per heavy atom. The third-order valence-electron chi connectivity index (χ3n) is 3.07. The Bertz CT molecular complexity index is 694. The van der Waals surface area contributed by atoms with Gasteiger partial charge in [-0.1, -0.05) is 24.3 Å². The first kappa shape index (κ1) is 14.6. The molecule has 0 heterocycles. The first-order chi connectivity index (χ1) is 9.97. The molecule has 0 aromatic heterocycles. The maximum absolute atomic E-state index is 12.0. The van der Waals surface area contributed by atoms with E-state index in [1.54, 1.807) is 6.07 Å². The summed E-state index contributed by atoms with van der Waals surface area (Å²) in [6.45, 7) is 3.80. The molecule has 0 fully saturated rings. The number of nitrogen functional groups attached to an aromatic ring is 1. The average molecular weight is 282 g/mol. The van der Waals surface area contributed by atoms with E-state index in [2.05, 4.69) is 10.6 Å². The summed E-state index contributed by atoms with van der Waals surface area (Å²) in [5.74, 6) is -0.0704. The molecule has 108 valence electrons. The van der Waals surface area contributed by atoms with Gasteiger partial charge in [0.2, 0.25) is 0 Å². The number of aryl methyl sites for hydroxylation is 2. The number of carbonyl (C=O) groups excluding carboxylic acids is 1. The van der Waals surface area contributed by atoms with Gasteiger partial charge in [-0.05, 0) is 43.2 Å². The fraction of sp³-hybridized carbons (Fsp3) is 0.125. The third kappa shape index (κ3) is 3.60. The van der Waals surface area contributed by atoms with E-state index >= 15 is 0 Å². The summed E-state index contributed by atoms with van der Waals surface area (Å²) in [7, 11) is 0. The van der Waals surface area contributed by atoms with Crippen molar-refractivity contribution < 1.29 is 4.79 Å². The quantitative estimate of drug-likeness (QED) is 0.514. The van der Waals surface area contributed by atoms with Crippen molar-refractivity contribution >= 4 is 23.2 Å². The second kappa shape index (κ2) is 6.09. The van der Waals surface area contributed by atoms with Crippen molar-refractivity contribution in [2.75, 3.05) is 10.6 Å². The van der Waals surface area contributed by atoms with Crippen LogP contribution in [-0.2, 0) is 0 Å². The second-order valence-corrected chi connectivity index (χ2v) is 4.86. The van der Waals surface area contributed by atoms with Crippen molar-refractivity contribution in [3.8, 4) is 0 Å². The molecule has 2 amide bonds. The van der Waals surface area contributed by atoms with Gasteiger partial charge in [0.15, 0.2) is 0 Å². The van der Waals surface area contributed by atoms with Crippen LogP contribution in [0.5, 0.6) is 0 Å². The van der Waals surface area contributed by atoms with Crippen LogP contribution >= 0.6 is 0 Å². The molecule has 2 rings (SSSR count). The van der Waals surface area contributed by atoms with Gasteiger partial charge in [-0.2, -0.15) is 0 Å². The van der Waals surface area contributed by atoms with Gasteiger partial charge in [-0.3, -0.25) is 5.41 Å². The summed E-state index contributed by atoms with van der Waals surface area (Å²) in [5, 5.41) is 13.1. The zero-order valence-electron chi connectivity index (χ0n) is 12.0. The van der Waals surface area contributed by atoms with Gasteiger partial charge in [0, 0.05) is 11.3 Å². The fourth-order valence-electron chi connectivity index (χ4n) is 2.14. The number of carbonyl (C=O) groups is 1. The molecule has 0 aliphatic rings. The number of nitrogens with one attached hydrogen (secondary N) is 3. The lowest BCUT2D eigenvalue weighted by Gasteiger charge is -2.13. The highest BCUT2D eigenvalue weighted by Crippen LogP contribution is 2.19. The Morgan fingerprint density at radius 1 is 1.10 bits per heavy atom. The van der Waals surface area contributed by atoms with Crippen LogP contribution in [-0.4, -0.2) is 11.9 Å². The number of hydrogen-bond donors (Lipinski definition) is 4. The molecule has 2 aromatic rings. The lowest BCUT2D eigenvalue weighted by atomic mass is 10.1. The lowest BCUT2D eigenvalue weighted by molar-refractivity contribution is 0.262. The molecule has 0 aliphatic carbocycles. The van der Waals surface area contributed by atoms with Gasteiger partial charge in [0.1, 0.15) is 5.84 Å². The summed E-state index contributed by atoms with van der Waals surface area (Å²) in [6.07, 6.45) is 0. The Hall–Kier alpha value is -2.82. The number of anilines is 2. The first-order valence-corrected chi connectivity index (χ1v) is 6.56. The fourth-order valence-corrected chi connectivity index (χ4v) is 2.14. The molecule has 0 spiro atoms. The maximum Gasteiger partial charge on any atom is 0.323 e. The molecular formula is C16H18N4O. The van der Waals surface area contributed by atoms with E-state index in [1.165, 1.54) is 0 Å². The first-order valence-electron chi connectivity index (χ1n) is 6.56.